The molecule has 150 valence electrons. The standard InChI is InChI=1S/C21H34N4OS/c1-4-22-20(24-16-21(2)10-6-12-27-21)23-14-17-9-11-25(15-17)18-7-5-8-19(13-18)26-3/h5,7-8,13,17H,4,6,9-12,14-16H2,1-3H3,(H2,22,23,24). The second kappa shape index (κ2) is 9.58. The van der Waals surface area contributed by atoms with Gasteiger partial charge in [-0.05, 0) is 56.9 Å². The van der Waals surface area contributed by atoms with Crippen molar-refractivity contribution in [3.05, 3.63) is 24.3 Å². The molecule has 2 atom stereocenters. The van der Waals surface area contributed by atoms with Crippen LogP contribution >= 0.6 is 11.8 Å². The molecule has 6 heteroatoms. The van der Waals surface area contributed by atoms with E-state index in [1.165, 1.54) is 30.7 Å². The molecule has 0 aliphatic carbocycles. The average molecular weight is 391 g/mol. The molecular formula is C21H34N4OS. The molecule has 2 saturated heterocycles. The Kier molecular flexibility index (Phi) is 7.16. The van der Waals surface area contributed by atoms with Gasteiger partial charge in [-0.25, -0.2) is 0 Å². The molecule has 27 heavy (non-hydrogen) atoms. The number of methoxy groups -OCH3 is 1. The molecule has 2 unspecified atom stereocenters. The normalized spacial score (nSPS) is 25.7. The molecule has 1 aromatic rings. The molecule has 2 heterocycles. The van der Waals surface area contributed by atoms with Crippen molar-refractivity contribution in [1.29, 1.82) is 0 Å². The summed E-state index contributed by atoms with van der Waals surface area (Å²) in [5, 5.41) is 6.98. The van der Waals surface area contributed by atoms with E-state index in [1.807, 2.05) is 6.07 Å². The Balaban J connectivity index is 1.50. The maximum absolute atomic E-state index is 5.36. The Hall–Kier alpha value is -1.56. The van der Waals surface area contributed by atoms with E-state index < -0.39 is 0 Å². The lowest BCUT2D eigenvalue weighted by Crippen LogP contribution is -2.41. The summed E-state index contributed by atoms with van der Waals surface area (Å²) in [4.78, 5) is 7.33. The molecule has 2 aliphatic heterocycles. The largest absolute Gasteiger partial charge is 0.497 e. The second-order valence-electron chi connectivity index (χ2n) is 7.78. The van der Waals surface area contributed by atoms with Crippen molar-refractivity contribution in [1.82, 2.24) is 10.6 Å². The zero-order chi connectivity index (χ0) is 19.1. The highest BCUT2D eigenvalue weighted by Crippen LogP contribution is 2.37. The first-order valence-electron chi connectivity index (χ1n) is 10.2. The smallest absolute Gasteiger partial charge is 0.191 e. The lowest BCUT2D eigenvalue weighted by molar-refractivity contribution is 0.415. The molecule has 0 aromatic heterocycles. The number of ether oxygens (including phenoxy) is 1. The fraction of sp³-hybridized carbons (Fsp3) is 0.667. The number of thioether (sulfide) groups is 1. The highest BCUT2D eigenvalue weighted by atomic mass is 32.2. The first-order valence-corrected chi connectivity index (χ1v) is 11.2. The monoisotopic (exact) mass is 390 g/mol. The molecule has 3 rings (SSSR count). The molecule has 0 spiro atoms. The van der Waals surface area contributed by atoms with Crippen LogP contribution in [0.5, 0.6) is 5.75 Å². The minimum atomic E-state index is 0.318. The number of hydrogen-bond donors (Lipinski definition) is 2. The quantitative estimate of drug-likeness (QED) is 0.552. The van der Waals surface area contributed by atoms with Gasteiger partial charge in [0.15, 0.2) is 5.96 Å². The molecule has 0 bridgehead atoms. The minimum absolute atomic E-state index is 0.318. The Bertz CT molecular complexity index is 630. The number of nitrogens with one attached hydrogen (secondary N) is 2. The number of hydrogen-bond acceptors (Lipinski definition) is 4. The van der Waals surface area contributed by atoms with Crippen molar-refractivity contribution in [2.24, 2.45) is 10.9 Å². The van der Waals surface area contributed by atoms with Crippen molar-refractivity contribution in [3.63, 3.8) is 0 Å². The summed E-state index contributed by atoms with van der Waals surface area (Å²) in [6.07, 6.45) is 3.80. The van der Waals surface area contributed by atoms with Crippen LogP contribution in [0.25, 0.3) is 0 Å². The number of benzene rings is 1. The summed E-state index contributed by atoms with van der Waals surface area (Å²) in [5.74, 6) is 3.80. The van der Waals surface area contributed by atoms with Gasteiger partial charge in [-0.2, -0.15) is 11.8 Å². The van der Waals surface area contributed by atoms with Crippen molar-refractivity contribution in [2.45, 2.75) is 37.9 Å². The number of nitrogens with zero attached hydrogens (tertiary/aromatic N) is 2. The van der Waals surface area contributed by atoms with Gasteiger partial charge in [-0.3, -0.25) is 4.99 Å². The molecule has 0 amide bonds. The number of rotatable bonds is 7. The van der Waals surface area contributed by atoms with E-state index in [-0.39, 0.29) is 0 Å². The third-order valence-corrected chi connectivity index (χ3v) is 7.00. The first kappa shape index (κ1) is 20.2. The van der Waals surface area contributed by atoms with Crippen LogP contribution in [0.15, 0.2) is 29.3 Å². The number of guanidine groups is 1. The van der Waals surface area contributed by atoms with Crippen LogP contribution < -0.4 is 20.3 Å². The molecule has 1 aromatic carbocycles. The minimum Gasteiger partial charge on any atom is -0.497 e. The van der Waals surface area contributed by atoms with E-state index in [9.17, 15) is 0 Å². The van der Waals surface area contributed by atoms with Gasteiger partial charge < -0.3 is 20.3 Å². The Morgan fingerprint density at radius 3 is 3.04 bits per heavy atom. The van der Waals surface area contributed by atoms with Crippen LogP contribution in [0.2, 0.25) is 0 Å². The highest BCUT2D eigenvalue weighted by molar-refractivity contribution is 8.00. The summed E-state index contributed by atoms with van der Waals surface area (Å²) < 4.78 is 5.68. The summed E-state index contributed by atoms with van der Waals surface area (Å²) in [6.45, 7) is 9.42. The zero-order valence-corrected chi connectivity index (χ0v) is 17.8. The summed E-state index contributed by atoms with van der Waals surface area (Å²) in [7, 11) is 1.72. The van der Waals surface area contributed by atoms with E-state index in [1.54, 1.807) is 7.11 Å². The lowest BCUT2D eigenvalue weighted by Gasteiger charge is -2.22. The molecule has 0 saturated carbocycles. The van der Waals surface area contributed by atoms with Crippen LogP contribution in [0.3, 0.4) is 0 Å². The van der Waals surface area contributed by atoms with Gasteiger partial charge in [0.1, 0.15) is 5.75 Å². The first-order chi connectivity index (χ1) is 13.1. The Morgan fingerprint density at radius 1 is 1.41 bits per heavy atom. The van der Waals surface area contributed by atoms with Crippen LogP contribution in [-0.4, -0.2) is 56.3 Å². The van der Waals surface area contributed by atoms with Crippen molar-refractivity contribution >= 4 is 23.4 Å². The van der Waals surface area contributed by atoms with Crippen LogP contribution in [0.4, 0.5) is 5.69 Å². The maximum atomic E-state index is 5.36. The second-order valence-corrected chi connectivity index (χ2v) is 9.46. The Morgan fingerprint density at radius 2 is 2.30 bits per heavy atom. The topological polar surface area (TPSA) is 48.9 Å². The maximum Gasteiger partial charge on any atom is 0.191 e. The van der Waals surface area contributed by atoms with Crippen molar-refractivity contribution < 1.29 is 4.74 Å². The molecule has 5 nitrogen and oxygen atoms in total. The molecule has 2 fully saturated rings. The summed E-state index contributed by atoms with van der Waals surface area (Å²) in [6, 6.07) is 8.36. The third-order valence-electron chi connectivity index (χ3n) is 5.48. The van der Waals surface area contributed by atoms with Gasteiger partial charge in [0.05, 0.1) is 13.7 Å². The van der Waals surface area contributed by atoms with E-state index in [0.29, 0.717) is 10.7 Å². The van der Waals surface area contributed by atoms with Crippen molar-refractivity contribution in [3.8, 4) is 5.75 Å². The predicted molar refractivity (Wildman–Crippen MR) is 117 cm³/mol. The number of aliphatic imine (C=N–C) groups is 1. The number of anilines is 1. The summed E-state index contributed by atoms with van der Waals surface area (Å²) >= 11 is 2.07. The average Bonchev–Trinajstić information content (AvgIpc) is 3.34. The highest BCUT2D eigenvalue weighted by Gasteiger charge is 2.29. The third kappa shape index (κ3) is 5.71. The van der Waals surface area contributed by atoms with Gasteiger partial charge in [-0.15, -0.1) is 0 Å². The van der Waals surface area contributed by atoms with Crippen LogP contribution in [0.1, 0.15) is 33.1 Å². The van der Waals surface area contributed by atoms with Crippen LogP contribution in [0, 0.1) is 5.92 Å². The lowest BCUT2D eigenvalue weighted by atomic mass is 10.1. The van der Waals surface area contributed by atoms with E-state index in [4.69, 9.17) is 9.73 Å². The fourth-order valence-corrected chi connectivity index (χ4v) is 5.06. The van der Waals surface area contributed by atoms with E-state index >= 15 is 0 Å². The van der Waals surface area contributed by atoms with Crippen molar-refractivity contribution in [2.75, 3.05) is 50.5 Å². The van der Waals surface area contributed by atoms with E-state index in [0.717, 1.165) is 44.4 Å². The zero-order valence-electron chi connectivity index (χ0n) is 17.0. The molecule has 2 N–H and O–H groups in total. The van der Waals surface area contributed by atoms with Gasteiger partial charge in [0.2, 0.25) is 0 Å². The molecule has 2 aliphatic rings. The van der Waals surface area contributed by atoms with Gasteiger partial charge in [0.25, 0.3) is 0 Å². The van der Waals surface area contributed by atoms with E-state index in [2.05, 4.69) is 59.3 Å². The summed E-state index contributed by atoms with van der Waals surface area (Å²) in [5.41, 5.74) is 1.25. The molecular weight excluding hydrogens is 356 g/mol. The van der Waals surface area contributed by atoms with Gasteiger partial charge in [0, 0.05) is 42.7 Å². The fourth-order valence-electron chi connectivity index (χ4n) is 3.83. The Labute approximate surface area is 168 Å². The van der Waals surface area contributed by atoms with Crippen LogP contribution in [-0.2, 0) is 0 Å². The predicted octanol–water partition coefficient (Wildman–Crippen LogP) is 3.36. The SMILES string of the molecule is CCNC(=NCC1(C)CCCS1)NCC1CCN(c2cccc(OC)c2)C1. The molecule has 0 radical (unpaired) electrons. The van der Waals surface area contributed by atoms with Gasteiger partial charge in [-0.1, -0.05) is 6.07 Å². The van der Waals surface area contributed by atoms with Gasteiger partial charge >= 0.3 is 0 Å².